The lowest BCUT2D eigenvalue weighted by Gasteiger charge is -2.31. The number of sulfonamides is 1. The molecule has 0 N–H and O–H groups in total. The first kappa shape index (κ1) is 18.6. The molecule has 2 aromatic rings. The summed E-state index contributed by atoms with van der Waals surface area (Å²) in [6.07, 6.45) is -2.42. The number of rotatable bonds is 4. The maximum absolute atomic E-state index is 12.9. The van der Waals surface area contributed by atoms with Gasteiger partial charge in [-0.2, -0.15) is 22.6 Å². The van der Waals surface area contributed by atoms with E-state index in [9.17, 15) is 21.6 Å². The first-order chi connectivity index (χ1) is 12.3. The van der Waals surface area contributed by atoms with Crippen molar-refractivity contribution in [2.75, 3.05) is 13.1 Å². The highest BCUT2D eigenvalue weighted by atomic mass is 32.2. The standard InChI is InChI=1S/C16H16F3N3O3S/c17-16(18,19)12-4-1-6-14(10-12)26(23,24)22-9-3-5-13(11-22)25-15-7-2-8-20-21-15/h1-2,4,6-8,10,13H,3,5,9,11H2. The Bertz CT molecular complexity index is 860. The van der Waals surface area contributed by atoms with E-state index in [0.29, 0.717) is 18.9 Å². The van der Waals surface area contributed by atoms with Crippen molar-refractivity contribution in [3.05, 3.63) is 48.2 Å². The van der Waals surface area contributed by atoms with Gasteiger partial charge in [-0.1, -0.05) is 6.07 Å². The molecule has 0 saturated carbocycles. The molecule has 1 atom stereocenters. The first-order valence-corrected chi connectivity index (χ1v) is 9.32. The number of hydrogen-bond acceptors (Lipinski definition) is 5. The Morgan fingerprint density at radius 1 is 1.19 bits per heavy atom. The fourth-order valence-corrected chi connectivity index (χ4v) is 4.28. The van der Waals surface area contributed by atoms with E-state index in [1.165, 1.54) is 6.20 Å². The van der Waals surface area contributed by atoms with Gasteiger partial charge in [0.05, 0.1) is 17.0 Å². The number of aromatic nitrogens is 2. The average Bonchev–Trinajstić information content (AvgIpc) is 2.62. The number of ether oxygens (including phenoxy) is 1. The van der Waals surface area contributed by atoms with Crippen molar-refractivity contribution >= 4 is 10.0 Å². The van der Waals surface area contributed by atoms with E-state index in [1.807, 2.05) is 0 Å². The fourth-order valence-electron chi connectivity index (χ4n) is 2.72. The largest absolute Gasteiger partial charge is 0.472 e. The summed E-state index contributed by atoms with van der Waals surface area (Å²) < 4.78 is 70.8. The quantitative estimate of drug-likeness (QED) is 0.807. The van der Waals surface area contributed by atoms with Crippen LogP contribution in [-0.4, -0.2) is 42.1 Å². The van der Waals surface area contributed by atoms with Gasteiger partial charge in [0.15, 0.2) is 0 Å². The zero-order chi connectivity index (χ0) is 18.8. The summed E-state index contributed by atoms with van der Waals surface area (Å²) in [6.45, 7) is 0.258. The third-order valence-electron chi connectivity index (χ3n) is 3.98. The van der Waals surface area contributed by atoms with Crippen LogP contribution in [0, 0.1) is 0 Å². The highest BCUT2D eigenvalue weighted by molar-refractivity contribution is 7.89. The molecule has 26 heavy (non-hydrogen) atoms. The average molecular weight is 387 g/mol. The minimum absolute atomic E-state index is 0.0369. The molecule has 1 aliphatic rings. The molecule has 140 valence electrons. The molecular weight excluding hydrogens is 371 g/mol. The van der Waals surface area contributed by atoms with Crippen LogP contribution in [0.4, 0.5) is 13.2 Å². The number of piperidine rings is 1. The number of alkyl halides is 3. The van der Waals surface area contributed by atoms with E-state index < -0.39 is 27.9 Å². The van der Waals surface area contributed by atoms with E-state index in [-0.39, 0.29) is 23.9 Å². The van der Waals surface area contributed by atoms with Gasteiger partial charge in [-0.05, 0) is 37.1 Å². The van der Waals surface area contributed by atoms with Crippen LogP contribution >= 0.6 is 0 Å². The highest BCUT2D eigenvalue weighted by Gasteiger charge is 2.35. The van der Waals surface area contributed by atoms with E-state index in [4.69, 9.17) is 4.74 Å². The zero-order valence-corrected chi connectivity index (χ0v) is 14.4. The highest BCUT2D eigenvalue weighted by Crippen LogP contribution is 2.31. The Balaban J connectivity index is 1.79. The second-order valence-electron chi connectivity index (χ2n) is 5.83. The molecule has 0 bridgehead atoms. The van der Waals surface area contributed by atoms with Gasteiger partial charge in [0.2, 0.25) is 15.9 Å². The molecular formula is C16H16F3N3O3S. The predicted octanol–water partition coefficient (Wildman–Crippen LogP) is 2.73. The maximum atomic E-state index is 12.9. The summed E-state index contributed by atoms with van der Waals surface area (Å²) in [7, 11) is -4.05. The molecule has 6 nitrogen and oxygen atoms in total. The van der Waals surface area contributed by atoms with Gasteiger partial charge in [0.1, 0.15) is 6.10 Å². The summed E-state index contributed by atoms with van der Waals surface area (Å²) in [5.41, 5.74) is -0.997. The first-order valence-electron chi connectivity index (χ1n) is 7.88. The van der Waals surface area contributed by atoms with Crippen molar-refractivity contribution in [3.8, 4) is 5.88 Å². The second-order valence-corrected chi connectivity index (χ2v) is 7.77. The molecule has 10 heteroatoms. The molecule has 1 fully saturated rings. The topological polar surface area (TPSA) is 72.4 Å². The Kier molecular flexibility index (Phi) is 5.15. The molecule has 1 aromatic carbocycles. The van der Waals surface area contributed by atoms with E-state index in [0.717, 1.165) is 22.5 Å². The van der Waals surface area contributed by atoms with Crippen LogP contribution < -0.4 is 4.74 Å². The van der Waals surface area contributed by atoms with Crippen molar-refractivity contribution in [2.45, 2.75) is 30.0 Å². The molecule has 1 unspecified atom stereocenters. The fraction of sp³-hybridized carbons (Fsp3) is 0.375. The van der Waals surface area contributed by atoms with Crippen LogP contribution in [0.1, 0.15) is 18.4 Å². The number of halogens is 3. The normalized spacial score (nSPS) is 19.3. The lowest BCUT2D eigenvalue weighted by Crippen LogP contribution is -2.44. The van der Waals surface area contributed by atoms with Crippen molar-refractivity contribution in [2.24, 2.45) is 0 Å². The van der Waals surface area contributed by atoms with E-state index in [1.54, 1.807) is 12.1 Å². The summed E-state index contributed by atoms with van der Waals surface area (Å²) in [6, 6.07) is 7.00. The van der Waals surface area contributed by atoms with Crippen molar-refractivity contribution in [3.63, 3.8) is 0 Å². The van der Waals surface area contributed by atoms with Gasteiger partial charge in [0, 0.05) is 18.8 Å². The van der Waals surface area contributed by atoms with Gasteiger partial charge < -0.3 is 4.74 Å². The minimum Gasteiger partial charge on any atom is -0.472 e. The van der Waals surface area contributed by atoms with Crippen LogP contribution in [-0.2, 0) is 16.2 Å². The molecule has 0 radical (unpaired) electrons. The Labute approximate surface area is 148 Å². The minimum atomic E-state index is -4.61. The Hall–Kier alpha value is -2.20. The number of nitrogens with zero attached hydrogens (tertiary/aromatic N) is 3. The maximum Gasteiger partial charge on any atom is 0.416 e. The second kappa shape index (κ2) is 7.20. The third-order valence-corrected chi connectivity index (χ3v) is 5.84. The van der Waals surface area contributed by atoms with Crippen LogP contribution in [0.3, 0.4) is 0 Å². The molecule has 0 aliphatic carbocycles. The summed E-state index contributed by atoms with van der Waals surface area (Å²) >= 11 is 0. The summed E-state index contributed by atoms with van der Waals surface area (Å²) in [5, 5.41) is 7.48. The zero-order valence-electron chi connectivity index (χ0n) is 13.6. The predicted molar refractivity (Wildman–Crippen MR) is 85.9 cm³/mol. The Morgan fingerprint density at radius 2 is 2.00 bits per heavy atom. The van der Waals surface area contributed by atoms with Crippen molar-refractivity contribution < 1.29 is 26.3 Å². The van der Waals surface area contributed by atoms with Gasteiger partial charge in [-0.15, -0.1) is 5.10 Å². The SMILES string of the molecule is O=S(=O)(c1cccc(C(F)(F)F)c1)N1CCCC(Oc2cccnn2)C1. The molecule has 0 spiro atoms. The van der Waals surface area contributed by atoms with Crippen LogP contribution in [0.2, 0.25) is 0 Å². The smallest absolute Gasteiger partial charge is 0.416 e. The van der Waals surface area contributed by atoms with Crippen LogP contribution in [0.15, 0.2) is 47.5 Å². The van der Waals surface area contributed by atoms with Crippen molar-refractivity contribution in [1.82, 2.24) is 14.5 Å². The number of hydrogen-bond donors (Lipinski definition) is 0. The van der Waals surface area contributed by atoms with Gasteiger partial charge >= 0.3 is 6.18 Å². The lowest BCUT2D eigenvalue weighted by molar-refractivity contribution is -0.137. The van der Waals surface area contributed by atoms with E-state index >= 15 is 0 Å². The van der Waals surface area contributed by atoms with Gasteiger partial charge in [0.25, 0.3) is 0 Å². The molecule has 0 amide bonds. The summed E-state index contributed by atoms with van der Waals surface area (Å²) in [5.74, 6) is 0.274. The van der Waals surface area contributed by atoms with Crippen molar-refractivity contribution in [1.29, 1.82) is 0 Å². The molecule has 1 aromatic heterocycles. The van der Waals surface area contributed by atoms with Crippen LogP contribution in [0.25, 0.3) is 0 Å². The monoisotopic (exact) mass is 387 g/mol. The van der Waals surface area contributed by atoms with Gasteiger partial charge in [-0.3, -0.25) is 0 Å². The molecule has 1 aliphatic heterocycles. The Morgan fingerprint density at radius 3 is 2.69 bits per heavy atom. The lowest BCUT2D eigenvalue weighted by atomic mass is 10.1. The molecule has 2 heterocycles. The summed E-state index contributed by atoms with van der Waals surface area (Å²) in [4.78, 5) is -0.382. The molecule has 3 rings (SSSR count). The third kappa shape index (κ3) is 4.13. The van der Waals surface area contributed by atoms with Crippen LogP contribution in [0.5, 0.6) is 5.88 Å². The number of benzene rings is 1. The van der Waals surface area contributed by atoms with E-state index in [2.05, 4.69) is 10.2 Å². The van der Waals surface area contributed by atoms with Gasteiger partial charge in [-0.25, -0.2) is 8.42 Å². The molecule has 1 saturated heterocycles.